The Morgan fingerprint density at radius 3 is 2.29 bits per heavy atom. The zero-order valence-corrected chi connectivity index (χ0v) is 12.0. The minimum Gasteiger partial charge on any atom is -0.445 e. The van der Waals surface area contributed by atoms with Gasteiger partial charge in [-0.15, -0.1) is 0 Å². The van der Waals surface area contributed by atoms with Gasteiger partial charge in [0.15, 0.2) is 0 Å². The van der Waals surface area contributed by atoms with Crippen LogP contribution >= 0.6 is 0 Å². The maximum atomic E-state index is 11.6. The molecule has 2 aromatic carbocycles. The highest BCUT2D eigenvalue weighted by atomic mass is 16.5. The Bertz CT molecular complexity index is 567. The number of carbonyl (C=O) groups excluding carboxylic acids is 1. The lowest BCUT2D eigenvalue weighted by Gasteiger charge is -2.24. The predicted molar refractivity (Wildman–Crippen MR) is 80.6 cm³/mol. The van der Waals surface area contributed by atoms with Gasteiger partial charge in [0.1, 0.15) is 12.2 Å². The fraction of sp³-hybridized carbons (Fsp3) is 0.235. The zero-order valence-electron chi connectivity index (χ0n) is 12.0. The van der Waals surface area contributed by atoms with Gasteiger partial charge in [-0.2, -0.15) is 0 Å². The summed E-state index contributed by atoms with van der Waals surface area (Å²) in [6, 6.07) is 18.6. The molecule has 21 heavy (non-hydrogen) atoms. The molecule has 0 saturated heterocycles. The minimum atomic E-state index is -1.13. The summed E-state index contributed by atoms with van der Waals surface area (Å²) < 4.78 is 5.10. The van der Waals surface area contributed by atoms with Gasteiger partial charge in [-0.05, 0) is 18.1 Å². The van der Waals surface area contributed by atoms with Crippen LogP contribution in [0.25, 0.3) is 0 Å². The highest BCUT2D eigenvalue weighted by molar-refractivity contribution is 5.67. The van der Waals surface area contributed by atoms with Crippen LogP contribution in [0.4, 0.5) is 4.79 Å². The van der Waals surface area contributed by atoms with E-state index in [1.54, 1.807) is 6.92 Å². The molecule has 4 heteroatoms. The van der Waals surface area contributed by atoms with Crippen molar-refractivity contribution in [2.75, 3.05) is 6.54 Å². The second kappa shape index (κ2) is 6.90. The Morgan fingerprint density at radius 1 is 1.10 bits per heavy atom. The highest BCUT2D eigenvalue weighted by Gasteiger charge is 2.23. The maximum absolute atomic E-state index is 11.6. The Kier molecular flexibility index (Phi) is 4.95. The summed E-state index contributed by atoms with van der Waals surface area (Å²) in [7, 11) is 0. The van der Waals surface area contributed by atoms with Gasteiger partial charge in [0.25, 0.3) is 0 Å². The van der Waals surface area contributed by atoms with Crippen molar-refractivity contribution < 1.29 is 14.6 Å². The lowest BCUT2D eigenvalue weighted by atomic mass is 9.96. The van der Waals surface area contributed by atoms with Gasteiger partial charge in [-0.25, -0.2) is 4.79 Å². The summed E-state index contributed by atoms with van der Waals surface area (Å²) in [5.41, 5.74) is 0.531. The highest BCUT2D eigenvalue weighted by Crippen LogP contribution is 2.18. The van der Waals surface area contributed by atoms with E-state index in [0.29, 0.717) is 0 Å². The maximum Gasteiger partial charge on any atom is 0.407 e. The molecule has 1 amide bonds. The lowest BCUT2D eigenvalue weighted by molar-refractivity contribution is 0.0529. The zero-order chi connectivity index (χ0) is 15.1. The molecular weight excluding hydrogens is 266 g/mol. The normalized spacial score (nSPS) is 13.2. The number of ether oxygens (including phenoxy) is 1. The molecule has 2 aromatic rings. The first-order valence-electron chi connectivity index (χ1n) is 6.80. The topological polar surface area (TPSA) is 58.6 Å². The second-order valence-corrected chi connectivity index (χ2v) is 5.06. The fourth-order valence-electron chi connectivity index (χ4n) is 1.92. The molecule has 2 N–H and O–H groups in total. The van der Waals surface area contributed by atoms with Crippen molar-refractivity contribution >= 4 is 6.09 Å². The van der Waals surface area contributed by atoms with Crippen molar-refractivity contribution in [3.05, 3.63) is 71.8 Å². The van der Waals surface area contributed by atoms with Gasteiger partial charge in [-0.1, -0.05) is 60.7 Å². The summed E-state index contributed by atoms with van der Waals surface area (Å²) in [4.78, 5) is 11.6. The predicted octanol–water partition coefficient (Wildman–Crippen LogP) is 2.82. The molecule has 0 spiro atoms. The van der Waals surface area contributed by atoms with Crippen molar-refractivity contribution in [2.45, 2.75) is 19.1 Å². The summed E-state index contributed by atoms with van der Waals surface area (Å²) in [5, 5.41) is 12.9. The van der Waals surface area contributed by atoms with Crippen LogP contribution < -0.4 is 5.32 Å². The van der Waals surface area contributed by atoms with Crippen LogP contribution in [-0.4, -0.2) is 17.7 Å². The number of hydrogen-bond donors (Lipinski definition) is 2. The molecule has 4 nitrogen and oxygen atoms in total. The first kappa shape index (κ1) is 15.1. The molecular formula is C17H19NO3. The van der Waals surface area contributed by atoms with Crippen LogP contribution in [0, 0.1) is 0 Å². The van der Waals surface area contributed by atoms with E-state index in [1.807, 2.05) is 60.7 Å². The number of amides is 1. The van der Waals surface area contributed by atoms with Gasteiger partial charge in [0, 0.05) is 0 Å². The summed E-state index contributed by atoms with van der Waals surface area (Å²) >= 11 is 0. The van der Waals surface area contributed by atoms with Crippen LogP contribution in [0.2, 0.25) is 0 Å². The van der Waals surface area contributed by atoms with Crippen LogP contribution in [0.3, 0.4) is 0 Å². The van der Waals surface area contributed by atoms with E-state index < -0.39 is 11.7 Å². The van der Waals surface area contributed by atoms with Gasteiger partial charge in [0.2, 0.25) is 0 Å². The van der Waals surface area contributed by atoms with Crippen LogP contribution in [0.5, 0.6) is 0 Å². The molecule has 0 heterocycles. The number of benzene rings is 2. The lowest BCUT2D eigenvalue weighted by Crippen LogP contribution is -2.38. The molecule has 0 aliphatic rings. The van der Waals surface area contributed by atoms with E-state index in [0.717, 1.165) is 11.1 Å². The van der Waals surface area contributed by atoms with Crippen LogP contribution in [0.1, 0.15) is 18.1 Å². The molecule has 1 atom stereocenters. The summed E-state index contributed by atoms with van der Waals surface area (Å²) in [6.07, 6.45) is -0.546. The van der Waals surface area contributed by atoms with Crippen molar-refractivity contribution in [3.8, 4) is 0 Å². The van der Waals surface area contributed by atoms with E-state index in [9.17, 15) is 9.90 Å². The van der Waals surface area contributed by atoms with Crippen molar-refractivity contribution in [1.82, 2.24) is 5.32 Å². The summed E-state index contributed by atoms with van der Waals surface area (Å²) in [6.45, 7) is 1.95. The Labute approximate surface area is 124 Å². The standard InChI is InChI=1S/C17H19NO3/c1-17(20,15-10-6-3-7-11-15)13-18-16(19)21-12-14-8-4-2-5-9-14/h2-11,20H,12-13H2,1H3,(H,18,19). The summed E-state index contributed by atoms with van der Waals surface area (Å²) in [5.74, 6) is 0. The molecule has 0 aliphatic heterocycles. The monoisotopic (exact) mass is 285 g/mol. The number of rotatable bonds is 5. The average molecular weight is 285 g/mol. The van der Waals surface area contributed by atoms with Crippen molar-refractivity contribution in [2.24, 2.45) is 0 Å². The third kappa shape index (κ3) is 4.61. The van der Waals surface area contributed by atoms with E-state index in [2.05, 4.69) is 5.32 Å². The number of aliphatic hydroxyl groups is 1. The van der Waals surface area contributed by atoms with Gasteiger partial charge < -0.3 is 15.2 Å². The molecule has 0 aliphatic carbocycles. The first-order valence-corrected chi connectivity index (χ1v) is 6.80. The fourth-order valence-corrected chi connectivity index (χ4v) is 1.92. The Hall–Kier alpha value is -2.33. The van der Waals surface area contributed by atoms with Gasteiger partial charge in [-0.3, -0.25) is 0 Å². The van der Waals surface area contributed by atoms with E-state index in [1.165, 1.54) is 0 Å². The number of nitrogens with one attached hydrogen (secondary N) is 1. The number of alkyl carbamates (subject to hydrolysis) is 1. The molecule has 0 saturated carbocycles. The molecule has 110 valence electrons. The third-order valence-electron chi connectivity index (χ3n) is 3.19. The largest absolute Gasteiger partial charge is 0.445 e. The molecule has 0 aromatic heterocycles. The number of hydrogen-bond acceptors (Lipinski definition) is 3. The van der Waals surface area contributed by atoms with Crippen molar-refractivity contribution in [1.29, 1.82) is 0 Å². The number of carbonyl (C=O) groups is 1. The van der Waals surface area contributed by atoms with E-state index in [4.69, 9.17) is 4.74 Å². The minimum absolute atomic E-state index is 0.0879. The van der Waals surface area contributed by atoms with Crippen LogP contribution in [-0.2, 0) is 16.9 Å². The molecule has 1 unspecified atom stereocenters. The van der Waals surface area contributed by atoms with E-state index in [-0.39, 0.29) is 13.2 Å². The second-order valence-electron chi connectivity index (χ2n) is 5.06. The Morgan fingerprint density at radius 2 is 1.67 bits per heavy atom. The van der Waals surface area contributed by atoms with E-state index >= 15 is 0 Å². The molecule has 0 bridgehead atoms. The average Bonchev–Trinajstić information content (AvgIpc) is 2.53. The molecule has 2 rings (SSSR count). The van der Waals surface area contributed by atoms with Gasteiger partial charge in [0.05, 0.1) is 6.54 Å². The Balaban J connectivity index is 1.81. The smallest absolute Gasteiger partial charge is 0.407 e. The van der Waals surface area contributed by atoms with Gasteiger partial charge >= 0.3 is 6.09 Å². The quantitative estimate of drug-likeness (QED) is 0.888. The third-order valence-corrected chi connectivity index (χ3v) is 3.19. The molecule has 0 fully saturated rings. The SMILES string of the molecule is CC(O)(CNC(=O)OCc1ccccc1)c1ccccc1. The molecule has 0 radical (unpaired) electrons. The first-order chi connectivity index (χ1) is 10.1. The van der Waals surface area contributed by atoms with Crippen molar-refractivity contribution in [3.63, 3.8) is 0 Å². The van der Waals surface area contributed by atoms with Crippen LogP contribution in [0.15, 0.2) is 60.7 Å².